The zero-order valence-electron chi connectivity index (χ0n) is 11.6. The van der Waals surface area contributed by atoms with Gasteiger partial charge in [0.1, 0.15) is 11.4 Å². The Morgan fingerprint density at radius 1 is 1.21 bits per heavy atom. The normalized spacial score (nSPS) is 21.3. The van der Waals surface area contributed by atoms with E-state index < -0.39 is 0 Å². The zero-order chi connectivity index (χ0) is 13.3. The number of fused-ring (bicyclic) bond motifs is 1. The van der Waals surface area contributed by atoms with Crippen LogP contribution in [0.2, 0.25) is 0 Å². The smallest absolute Gasteiger partial charge is 0.254 e. The summed E-state index contributed by atoms with van der Waals surface area (Å²) in [5, 5.41) is 0. The van der Waals surface area contributed by atoms with E-state index in [2.05, 4.69) is 4.98 Å². The van der Waals surface area contributed by atoms with Crippen molar-refractivity contribution < 1.29 is 4.74 Å². The van der Waals surface area contributed by atoms with Crippen molar-refractivity contribution in [3.8, 4) is 0 Å². The van der Waals surface area contributed by atoms with Crippen LogP contribution in [-0.4, -0.2) is 16.6 Å². The van der Waals surface area contributed by atoms with E-state index in [1.165, 1.54) is 6.42 Å². The van der Waals surface area contributed by atoms with E-state index in [1.54, 1.807) is 0 Å². The summed E-state index contributed by atoms with van der Waals surface area (Å²) in [5.41, 5.74) is 1.61. The lowest BCUT2D eigenvalue weighted by Gasteiger charge is -2.36. The van der Waals surface area contributed by atoms with Crippen LogP contribution in [0.4, 0.5) is 0 Å². The van der Waals surface area contributed by atoms with Gasteiger partial charge in [0.25, 0.3) is 5.56 Å². The summed E-state index contributed by atoms with van der Waals surface area (Å²) < 4.78 is 6.04. The Kier molecular flexibility index (Phi) is 3.44. The van der Waals surface area contributed by atoms with Crippen LogP contribution in [0.15, 0.2) is 4.79 Å². The van der Waals surface area contributed by atoms with Crippen molar-refractivity contribution in [2.75, 3.05) is 6.61 Å². The number of aromatic amines is 1. The molecule has 0 atom stereocenters. The quantitative estimate of drug-likeness (QED) is 0.910. The van der Waals surface area contributed by atoms with Gasteiger partial charge in [0.15, 0.2) is 0 Å². The van der Waals surface area contributed by atoms with E-state index in [4.69, 9.17) is 9.72 Å². The number of aromatic nitrogens is 2. The molecule has 2 aliphatic rings. The SMILES string of the molecule is CCOC1(c2nc3c(c(=O)[nH]2)CCC3)CCCCC1. The predicted octanol–water partition coefficient (Wildman–Crippen LogP) is 2.45. The van der Waals surface area contributed by atoms with Crippen molar-refractivity contribution in [1.29, 1.82) is 0 Å². The highest BCUT2D eigenvalue weighted by Crippen LogP contribution is 2.38. The molecule has 0 unspecified atom stereocenters. The maximum absolute atomic E-state index is 12.2. The third kappa shape index (κ3) is 2.22. The average Bonchev–Trinajstić information content (AvgIpc) is 2.89. The zero-order valence-corrected chi connectivity index (χ0v) is 11.6. The van der Waals surface area contributed by atoms with E-state index in [9.17, 15) is 4.79 Å². The molecule has 1 heterocycles. The summed E-state index contributed by atoms with van der Waals surface area (Å²) in [6.45, 7) is 2.68. The molecule has 1 fully saturated rings. The molecule has 2 aliphatic carbocycles. The fraction of sp³-hybridized carbons (Fsp3) is 0.733. The van der Waals surface area contributed by atoms with E-state index in [0.29, 0.717) is 6.61 Å². The van der Waals surface area contributed by atoms with Gasteiger partial charge < -0.3 is 9.72 Å². The largest absolute Gasteiger partial charge is 0.367 e. The first-order valence-electron chi connectivity index (χ1n) is 7.52. The van der Waals surface area contributed by atoms with Gasteiger partial charge in [0.2, 0.25) is 0 Å². The van der Waals surface area contributed by atoms with Gasteiger partial charge in [-0.3, -0.25) is 4.79 Å². The molecule has 1 N–H and O–H groups in total. The third-order valence-electron chi connectivity index (χ3n) is 4.45. The van der Waals surface area contributed by atoms with Gasteiger partial charge in [-0.25, -0.2) is 4.98 Å². The van der Waals surface area contributed by atoms with Crippen molar-refractivity contribution in [3.05, 3.63) is 27.4 Å². The van der Waals surface area contributed by atoms with Crippen LogP contribution in [0.5, 0.6) is 0 Å². The number of nitrogens with one attached hydrogen (secondary N) is 1. The van der Waals surface area contributed by atoms with Gasteiger partial charge in [-0.2, -0.15) is 0 Å². The van der Waals surface area contributed by atoms with Crippen LogP contribution in [0.1, 0.15) is 62.5 Å². The van der Waals surface area contributed by atoms with Crippen LogP contribution in [0, 0.1) is 0 Å². The van der Waals surface area contributed by atoms with Gasteiger partial charge in [0, 0.05) is 12.2 Å². The Balaban J connectivity index is 2.03. The summed E-state index contributed by atoms with van der Waals surface area (Å²) in [6.07, 6.45) is 8.38. The second kappa shape index (κ2) is 5.08. The van der Waals surface area contributed by atoms with Crippen molar-refractivity contribution >= 4 is 0 Å². The Bertz CT molecular complexity index is 510. The minimum absolute atomic E-state index is 0.0575. The van der Waals surface area contributed by atoms with Crippen molar-refractivity contribution in [3.63, 3.8) is 0 Å². The Morgan fingerprint density at radius 2 is 2.00 bits per heavy atom. The number of aryl methyl sites for hydroxylation is 1. The number of ether oxygens (including phenoxy) is 1. The summed E-state index contributed by atoms with van der Waals surface area (Å²) in [7, 11) is 0. The lowest BCUT2D eigenvalue weighted by Crippen LogP contribution is -2.37. The molecule has 0 spiro atoms. The fourth-order valence-electron chi connectivity index (χ4n) is 3.51. The first kappa shape index (κ1) is 12.9. The Hall–Kier alpha value is -1.16. The van der Waals surface area contributed by atoms with Crippen LogP contribution >= 0.6 is 0 Å². The number of H-pyrrole nitrogens is 1. The number of hydrogen-bond acceptors (Lipinski definition) is 3. The molecule has 1 saturated carbocycles. The molecule has 1 aromatic heterocycles. The van der Waals surface area contributed by atoms with Gasteiger partial charge in [0.05, 0.1) is 5.69 Å². The van der Waals surface area contributed by atoms with Gasteiger partial charge in [-0.1, -0.05) is 19.3 Å². The van der Waals surface area contributed by atoms with E-state index in [0.717, 1.165) is 62.0 Å². The Labute approximate surface area is 113 Å². The summed E-state index contributed by atoms with van der Waals surface area (Å²) >= 11 is 0. The van der Waals surface area contributed by atoms with E-state index in [1.807, 2.05) is 6.92 Å². The molecule has 0 amide bonds. The van der Waals surface area contributed by atoms with Crippen molar-refractivity contribution in [1.82, 2.24) is 9.97 Å². The monoisotopic (exact) mass is 262 g/mol. The molecular weight excluding hydrogens is 240 g/mol. The van der Waals surface area contributed by atoms with Crippen molar-refractivity contribution in [2.45, 2.75) is 63.9 Å². The highest BCUT2D eigenvalue weighted by atomic mass is 16.5. The number of rotatable bonds is 3. The van der Waals surface area contributed by atoms with Crippen LogP contribution in [-0.2, 0) is 23.2 Å². The molecule has 1 aromatic rings. The maximum Gasteiger partial charge on any atom is 0.254 e. The first-order chi connectivity index (χ1) is 9.25. The molecule has 4 nitrogen and oxygen atoms in total. The molecule has 0 radical (unpaired) electrons. The lowest BCUT2D eigenvalue weighted by atomic mass is 9.83. The van der Waals surface area contributed by atoms with Gasteiger partial charge in [-0.05, 0) is 39.0 Å². The maximum atomic E-state index is 12.2. The minimum atomic E-state index is -0.343. The molecular formula is C15H22N2O2. The topological polar surface area (TPSA) is 55.0 Å². The molecule has 3 rings (SSSR count). The van der Waals surface area contributed by atoms with Crippen LogP contribution in [0.25, 0.3) is 0 Å². The third-order valence-corrected chi connectivity index (χ3v) is 4.45. The number of nitrogens with zero attached hydrogens (tertiary/aromatic N) is 1. The van der Waals surface area contributed by atoms with E-state index >= 15 is 0 Å². The van der Waals surface area contributed by atoms with E-state index in [-0.39, 0.29) is 11.2 Å². The molecule has 0 aromatic carbocycles. The molecule has 0 saturated heterocycles. The van der Waals surface area contributed by atoms with Crippen LogP contribution in [0.3, 0.4) is 0 Å². The second-order valence-electron chi connectivity index (χ2n) is 5.68. The minimum Gasteiger partial charge on any atom is -0.367 e. The molecule has 0 aliphatic heterocycles. The van der Waals surface area contributed by atoms with Gasteiger partial charge in [-0.15, -0.1) is 0 Å². The second-order valence-corrected chi connectivity index (χ2v) is 5.68. The van der Waals surface area contributed by atoms with Crippen LogP contribution < -0.4 is 5.56 Å². The standard InChI is InChI=1S/C15H22N2O2/c1-2-19-15(9-4-3-5-10-15)14-16-12-8-6-7-11(12)13(18)17-14/h2-10H2,1H3,(H,16,17,18). The fourth-order valence-corrected chi connectivity index (χ4v) is 3.51. The first-order valence-corrected chi connectivity index (χ1v) is 7.52. The molecule has 0 bridgehead atoms. The summed E-state index contributed by atoms with van der Waals surface area (Å²) in [6, 6.07) is 0. The number of hydrogen-bond donors (Lipinski definition) is 1. The average molecular weight is 262 g/mol. The highest BCUT2D eigenvalue weighted by molar-refractivity contribution is 5.24. The Morgan fingerprint density at radius 3 is 2.74 bits per heavy atom. The predicted molar refractivity (Wildman–Crippen MR) is 73.3 cm³/mol. The molecule has 19 heavy (non-hydrogen) atoms. The summed E-state index contributed by atoms with van der Waals surface area (Å²) in [4.78, 5) is 19.9. The molecule has 4 heteroatoms. The van der Waals surface area contributed by atoms with Crippen molar-refractivity contribution in [2.24, 2.45) is 0 Å². The molecule has 104 valence electrons. The lowest BCUT2D eigenvalue weighted by molar-refractivity contribution is -0.0769. The summed E-state index contributed by atoms with van der Waals surface area (Å²) in [5.74, 6) is 0.778. The highest BCUT2D eigenvalue weighted by Gasteiger charge is 2.38. The van der Waals surface area contributed by atoms with Gasteiger partial charge >= 0.3 is 0 Å².